The van der Waals surface area contributed by atoms with Crippen LogP contribution in [0.15, 0.2) is 0 Å². The molecular formula is C31H62LiN2O6. The van der Waals surface area contributed by atoms with Crippen molar-refractivity contribution >= 4 is 30.7 Å². The van der Waals surface area contributed by atoms with E-state index in [0.29, 0.717) is 52.7 Å². The predicted octanol–water partition coefficient (Wildman–Crippen LogP) is 5.34. The van der Waals surface area contributed by atoms with Gasteiger partial charge in [0, 0.05) is 63.7 Å². The summed E-state index contributed by atoms with van der Waals surface area (Å²) in [5, 5.41) is 0. The number of ether oxygens (including phenoxy) is 4. The molecule has 0 unspecified atom stereocenters. The topological polar surface area (TPSA) is 77.5 Å². The summed E-state index contributed by atoms with van der Waals surface area (Å²) in [5.41, 5.74) is -0.312. The molecule has 0 atom stereocenters. The SMILES string of the molecule is CCCCCCCN(CCOCC)C(=O)COCC(C)(C)COCC(=O)N(CCCCCCC)CCOCC.[Li]. The van der Waals surface area contributed by atoms with Crippen molar-refractivity contribution in [3.63, 3.8) is 0 Å². The van der Waals surface area contributed by atoms with Gasteiger partial charge in [0.15, 0.2) is 0 Å². The summed E-state index contributed by atoms with van der Waals surface area (Å²) in [6.07, 6.45) is 11.6. The van der Waals surface area contributed by atoms with Crippen LogP contribution in [0.3, 0.4) is 0 Å². The quantitative estimate of drug-likeness (QED) is 0.0942. The summed E-state index contributed by atoms with van der Waals surface area (Å²) in [7, 11) is 0. The van der Waals surface area contributed by atoms with Crippen LogP contribution in [0.1, 0.15) is 106 Å². The van der Waals surface area contributed by atoms with Gasteiger partial charge in [-0.25, -0.2) is 0 Å². The molecular weight excluding hydrogens is 503 g/mol. The third-order valence-electron chi connectivity index (χ3n) is 6.62. The molecule has 0 aromatic carbocycles. The molecule has 0 aliphatic heterocycles. The summed E-state index contributed by atoms with van der Waals surface area (Å²) in [6.45, 7) is 18.3. The summed E-state index contributed by atoms with van der Waals surface area (Å²) >= 11 is 0. The minimum absolute atomic E-state index is 0. The van der Waals surface area contributed by atoms with E-state index in [9.17, 15) is 9.59 Å². The molecule has 2 amide bonds. The van der Waals surface area contributed by atoms with E-state index in [1.165, 1.54) is 38.5 Å². The molecule has 8 nitrogen and oxygen atoms in total. The third-order valence-corrected chi connectivity index (χ3v) is 6.62. The van der Waals surface area contributed by atoms with Crippen LogP contribution in [0, 0.1) is 5.41 Å². The Kier molecular flexibility index (Phi) is 29.6. The zero-order valence-corrected chi connectivity index (χ0v) is 27.4. The normalized spacial score (nSPS) is 11.3. The molecule has 0 bridgehead atoms. The molecule has 40 heavy (non-hydrogen) atoms. The molecule has 0 heterocycles. The smallest absolute Gasteiger partial charge is 0.248 e. The number of nitrogens with zero attached hydrogens (tertiary/aromatic N) is 2. The molecule has 0 saturated heterocycles. The summed E-state index contributed by atoms with van der Waals surface area (Å²) in [6, 6.07) is 0. The molecule has 9 heteroatoms. The Balaban J connectivity index is 0. The molecule has 1 radical (unpaired) electrons. The number of carbonyl (C=O) groups excluding carboxylic acids is 2. The Morgan fingerprint density at radius 3 is 1.27 bits per heavy atom. The fourth-order valence-corrected chi connectivity index (χ4v) is 4.23. The summed E-state index contributed by atoms with van der Waals surface area (Å²) < 4.78 is 22.6. The predicted molar refractivity (Wildman–Crippen MR) is 165 cm³/mol. The van der Waals surface area contributed by atoms with E-state index in [1.807, 2.05) is 37.5 Å². The van der Waals surface area contributed by atoms with Gasteiger partial charge in [0.2, 0.25) is 11.8 Å². The van der Waals surface area contributed by atoms with Crippen molar-refractivity contribution in [2.75, 3.05) is 79.0 Å². The second kappa shape index (κ2) is 28.5. The molecule has 0 N–H and O–H groups in total. The maximum atomic E-state index is 12.8. The molecule has 0 aliphatic rings. The van der Waals surface area contributed by atoms with Crippen LogP contribution >= 0.6 is 0 Å². The van der Waals surface area contributed by atoms with Crippen LogP contribution < -0.4 is 0 Å². The molecule has 0 spiro atoms. The third kappa shape index (κ3) is 24.0. The van der Waals surface area contributed by atoms with Crippen molar-refractivity contribution in [3.05, 3.63) is 0 Å². The first-order valence-corrected chi connectivity index (χ1v) is 15.7. The van der Waals surface area contributed by atoms with Gasteiger partial charge in [-0.3, -0.25) is 9.59 Å². The summed E-state index contributed by atoms with van der Waals surface area (Å²) in [4.78, 5) is 29.4. The monoisotopic (exact) mass is 565 g/mol. The van der Waals surface area contributed by atoms with Crippen molar-refractivity contribution in [1.29, 1.82) is 0 Å². The number of hydrogen-bond acceptors (Lipinski definition) is 6. The standard InChI is InChI=1S/C31H62N2O6.Li/c1-7-11-13-15-17-19-32(21-23-36-9-3)29(34)25-38-27-31(5,6)28-39-26-30(35)33(22-24-37-10-4)20-18-16-14-12-8-2;/h7-28H2,1-6H3;. The van der Waals surface area contributed by atoms with E-state index in [4.69, 9.17) is 18.9 Å². The van der Waals surface area contributed by atoms with Gasteiger partial charge in [-0.05, 0) is 26.7 Å². The van der Waals surface area contributed by atoms with Crippen LogP contribution in [0.5, 0.6) is 0 Å². The van der Waals surface area contributed by atoms with Crippen LogP contribution in [-0.4, -0.2) is 120 Å². The minimum atomic E-state index is -0.312. The van der Waals surface area contributed by atoms with Gasteiger partial charge in [-0.2, -0.15) is 0 Å². The fraction of sp³-hybridized carbons (Fsp3) is 0.935. The number of amides is 2. The first kappa shape index (κ1) is 41.5. The Hall–Kier alpha value is -0.623. The van der Waals surface area contributed by atoms with E-state index in [2.05, 4.69) is 13.8 Å². The summed E-state index contributed by atoms with van der Waals surface area (Å²) in [5.74, 6) is 0.00179. The van der Waals surface area contributed by atoms with Crippen molar-refractivity contribution in [1.82, 2.24) is 9.80 Å². The number of carbonyl (C=O) groups is 2. The van der Waals surface area contributed by atoms with Gasteiger partial charge < -0.3 is 28.7 Å². The van der Waals surface area contributed by atoms with Crippen molar-refractivity contribution in [2.24, 2.45) is 5.41 Å². The Labute approximate surface area is 258 Å². The minimum Gasteiger partial charge on any atom is -0.380 e. The number of unbranched alkanes of at least 4 members (excludes halogenated alkanes) is 8. The first-order valence-electron chi connectivity index (χ1n) is 15.7. The Morgan fingerprint density at radius 2 is 0.925 bits per heavy atom. The van der Waals surface area contributed by atoms with Gasteiger partial charge in [-0.15, -0.1) is 0 Å². The van der Waals surface area contributed by atoms with Crippen molar-refractivity contribution in [3.8, 4) is 0 Å². The number of rotatable bonds is 28. The van der Waals surface area contributed by atoms with Gasteiger partial charge in [0.05, 0.1) is 26.4 Å². The van der Waals surface area contributed by atoms with Crippen molar-refractivity contribution in [2.45, 2.75) is 106 Å². The second-order valence-corrected chi connectivity index (χ2v) is 11.1. The van der Waals surface area contributed by atoms with E-state index >= 15 is 0 Å². The second-order valence-electron chi connectivity index (χ2n) is 11.1. The van der Waals surface area contributed by atoms with Crippen molar-refractivity contribution < 1.29 is 28.5 Å². The van der Waals surface area contributed by atoms with E-state index in [-0.39, 0.29) is 49.3 Å². The van der Waals surface area contributed by atoms with Gasteiger partial charge in [0.25, 0.3) is 0 Å². The Morgan fingerprint density at radius 1 is 0.550 bits per heavy atom. The number of hydrogen-bond donors (Lipinski definition) is 0. The van der Waals surface area contributed by atoms with E-state index in [1.54, 1.807) is 0 Å². The van der Waals surface area contributed by atoms with Crippen LogP contribution in [-0.2, 0) is 28.5 Å². The van der Waals surface area contributed by atoms with Gasteiger partial charge in [0.1, 0.15) is 13.2 Å². The zero-order valence-electron chi connectivity index (χ0n) is 27.4. The van der Waals surface area contributed by atoms with Crippen LogP contribution in [0.25, 0.3) is 0 Å². The molecule has 0 rings (SSSR count). The maximum absolute atomic E-state index is 12.8. The molecule has 0 aliphatic carbocycles. The molecule has 0 fully saturated rings. The first-order chi connectivity index (χ1) is 18.8. The largest absolute Gasteiger partial charge is 0.380 e. The average molecular weight is 566 g/mol. The van der Waals surface area contributed by atoms with E-state index < -0.39 is 0 Å². The van der Waals surface area contributed by atoms with Crippen LogP contribution in [0.2, 0.25) is 0 Å². The molecule has 0 aromatic heterocycles. The zero-order chi connectivity index (χ0) is 29.2. The van der Waals surface area contributed by atoms with Gasteiger partial charge in [-0.1, -0.05) is 79.1 Å². The molecule has 233 valence electrons. The van der Waals surface area contributed by atoms with Crippen LogP contribution in [0.4, 0.5) is 0 Å². The molecule has 0 aromatic rings. The van der Waals surface area contributed by atoms with Gasteiger partial charge >= 0.3 is 0 Å². The maximum Gasteiger partial charge on any atom is 0.248 e. The Bertz CT molecular complexity index is 546. The fourth-order valence-electron chi connectivity index (χ4n) is 4.23. The van der Waals surface area contributed by atoms with E-state index in [0.717, 1.165) is 38.8 Å². The molecule has 0 saturated carbocycles. The average Bonchev–Trinajstić information content (AvgIpc) is 2.90.